The van der Waals surface area contributed by atoms with Crippen molar-refractivity contribution in [3.63, 3.8) is 0 Å². The maximum atomic E-state index is 2.68. The maximum Gasteiger partial charge on any atom is 0.288 e. The predicted octanol–water partition coefficient (Wildman–Crippen LogP) is 2.19. The number of rotatable bonds is 8. The molecule has 0 aliphatic carbocycles. The highest BCUT2D eigenvalue weighted by atomic mass is 28.4. The van der Waals surface area contributed by atoms with E-state index in [0.29, 0.717) is 0 Å². The van der Waals surface area contributed by atoms with Gasteiger partial charge in [0.25, 0.3) is 8.56 Å². The molecule has 16 heavy (non-hydrogen) atoms. The van der Waals surface area contributed by atoms with E-state index in [0.717, 1.165) is 13.1 Å². The average molecular weight is 245 g/mol. The first-order chi connectivity index (χ1) is 7.47. The molecule has 0 unspecified atom stereocenters. The molecule has 0 radical (unpaired) electrons. The molecule has 0 aromatic carbocycles. The largest absolute Gasteiger partial charge is 0.305 e. The fourth-order valence-corrected chi connectivity index (χ4v) is 7.70. The Bertz CT molecular complexity index is 171. The van der Waals surface area contributed by atoms with Crippen LogP contribution in [0.2, 0.25) is 6.04 Å². The van der Waals surface area contributed by atoms with Crippen molar-refractivity contribution in [3.8, 4) is 0 Å². The average Bonchev–Trinajstić information content (AvgIpc) is 2.23. The highest BCUT2D eigenvalue weighted by molar-refractivity contribution is 6.71. The van der Waals surface area contributed by atoms with E-state index in [2.05, 4.69) is 62.7 Å². The first-order valence-corrected chi connectivity index (χ1v) is 8.62. The van der Waals surface area contributed by atoms with Crippen LogP contribution in [-0.4, -0.2) is 63.5 Å². The summed E-state index contributed by atoms with van der Waals surface area (Å²) in [6.07, 6.45) is 2.62. The summed E-state index contributed by atoms with van der Waals surface area (Å²) < 4.78 is 7.67. The summed E-state index contributed by atoms with van der Waals surface area (Å²) in [6, 6.07) is 1.34. The lowest BCUT2D eigenvalue weighted by molar-refractivity contribution is 0.322. The van der Waals surface area contributed by atoms with Gasteiger partial charge >= 0.3 is 0 Å². The number of unbranched alkanes of at least 4 members (excludes halogenated alkanes) is 1. The van der Waals surface area contributed by atoms with Gasteiger partial charge in [-0.25, -0.2) is 0 Å². The second-order valence-corrected chi connectivity index (χ2v) is 9.31. The summed E-state index contributed by atoms with van der Waals surface area (Å²) in [5.74, 6) is 0. The molecular formula is C12H31N3Si. The van der Waals surface area contributed by atoms with Crippen molar-refractivity contribution in [1.29, 1.82) is 0 Å². The lowest BCUT2D eigenvalue weighted by Crippen LogP contribution is -2.71. The first kappa shape index (κ1) is 16.1. The lowest BCUT2D eigenvalue weighted by atomic mass is 10.4. The molecule has 0 amide bonds. The summed E-state index contributed by atoms with van der Waals surface area (Å²) in [5, 5.41) is 0. The van der Waals surface area contributed by atoms with Crippen molar-refractivity contribution in [1.82, 2.24) is 13.7 Å². The van der Waals surface area contributed by atoms with Gasteiger partial charge in [0.15, 0.2) is 0 Å². The minimum absolute atomic E-state index is 1.16. The van der Waals surface area contributed by atoms with E-state index in [4.69, 9.17) is 0 Å². The van der Waals surface area contributed by atoms with Gasteiger partial charge in [0.1, 0.15) is 0 Å². The molecule has 0 aromatic heterocycles. The second-order valence-electron chi connectivity index (χ2n) is 4.84. The van der Waals surface area contributed by atoms with Crippen LogP contribution in [0.3, 0.4) is 0 Å². The van der Waals surface area contributed by atoms with Crippen LogP contribution in [0.1, 0.15) is 33.6 Å². The third kappa shape index (κ3) is 3.29. The first-order valence-electron chi connectivity index (χ1n) is 6.57. The number of nitrogens with zero attached hydrogens (tertiary/aromatic N) is 3. The maximum absolute atomic E-state index is 2.68. The van der Waals surface area contributed by atoms with E-state index in [1.54, 1.807) is 0 Å². The Morgan fingerprint density at radius 2 is 1.25 bits per heavy atom. The van der Waals surface area contributed by atoms with Crippen molar-refractivity contribution >= 4 is 8.56 Å². The Hall–Kier alpha value is 0.0969. The number of hydrogen-bond acceptors (Lipinski definition) is 3. The fourth-order valence-electron chi connectivity index (χ4n) is 2.72. The molecule has 0 heterocycles. The zero-order chi connectivity index (χ0) is 12.8. The van der Waals surface area contributed by atoms with Crippen LogP contribution in [0.5, 0.6) is 0 Å². The van der Waals surface area contributed by atoms with Crippen molar-refractivity contribution in [3.05, 3.63) is 0 Å². The third-order valence-electron chi connectivity index (χ3n) is 3.57. The van der Waals surface area contributed by atoms with Crippen LogP contribution in [0.15, 0.2) is 0 Å². The Labute approximate surface area is 104 Å². The van der Waals surface area contributed by atoms with Crippen LogP contribution in [-0.2, 0) is 0 Å². The molecule has 0 fully saturated rings. The van der Waals surface area contributed by atoms with Gasteiger partial charge < -0.3 is 9.13 Å². The van der Waals surface area contributed by atoms with Gasteiger partial charge in [0.2, 0.25) is 0 Å². The minimum atomic E-state index is -1.60. The molecule has 0 saturated heterocycles. The molecule has 4 heteroatoms. The molecule has 0 atom stereocenters. The molecule has 0 saturated carbocycles. The fraction of sp³-hybridized carbons (Fsp3) is 1.00. The predicted molar refractivity (Wildman–Crippen MR) is 75.8 cm³/mol. The molecule has 0 aromatic rings. The van der Waals surface area contributed by atoms with E-state index in [1.807, 2.05) is 0 Å². The molecule has 98 valence electrons. The van der Waals surface area contributed by atoms with Gasteiger partial charge in [0.05, 0.1) is 0 Å². The Morgan fingerprint density at radius 1 is 0.812 bits per heavy atom. The standard InChI is InChI=1S/C12H31N3Si/c1-8-11-12-16(13(4)5,14(6)7)15(9-2)10-3/h8-12H2,1-7H3. The molecule has 0 rings (SSSR count). The summed E-state index contributed by atoms with van der Waals surface area (Å²) >= 11 is 0. The summed E-state index contributed by atoms with van der Waals surface area (Å²) in [6.45, 7) is 9.16. The van der Waals surface area contributed by atoms with E-state index in [9.17, 15) is 0 Å². The van der Waals surface area contributed by atoms with Gasteiger partial charge in [-0.1, -0.05) is 33.6 Å². The van der Waals surface area contributed by atoms with Crippen LogP contribution in [0, 0.1) is 0 Å². The van der Waals surface area contributed by atoms with E-state index < -0.39 is 8.56 Å². The zero-order valence-electron chi connectivity index (χ0n) is 12.4. The van der Waals surface area contributed by atoms with Crippen molar-refractivity contribution in [2.24, 2.45) is 0 Å². The summed E-state index contributed by atoms with van der Waals surface area (Å²) in [4.78, 5) is 0. The van der Waals surface area contributed by atoms with E-state index in [-0.39, 0.29) is 0 Å². The topological polar surface area (TPSA) is 9.72 Å². The highest BCUT2D eigenvalue weighted by Crippen LogP contribution is 2.23. The third-order valence-corrected chi connectivity index (χ3v) is 9.10. The molecule has 0 aliphatic rings. The van der Waals surface area contributed by atoms with Gasteiger partial charge in [-0.3, -0.25) is 4.57 Å². The van der Waals surface area contributed by atoms with Crippen LogP contribution in [0.25, 0.3) is 0 Å². The normalized spacial score (nSPS) is 13.1. The molecule has 0 N–H and O–H groups in total. The second kappa shape index (κ2) is 7.43. The quantitative estimate of drug-likeness (QED) is 0.607. The van der Waals surface area contributed by atoms with Gasteiger partial charge in [-0.15, -0.1) is 0 Å². The Morgan fingerprint density at radius 3 is 1.50 bits per heavy atom. The van der Waals surface area contributed by atoms with E-state index in [1.165, 1.54) is 18.9 Å². The van der Waals surface area contributed by atoms with Gasteiger partial charge in [-0.2, -0.15) is 0 Å². The monoisotopic (exact) mass is 245 g/mol. The van der Waals surface area contributed by atoms with Crippen molar-refractivity contribution in [2.75, 3.05) is 41.3 Å². The van der Waals surface area contributed by atoms with Crippen LogP contribution >= 0.6 is 0 Å². The minimum Gasteiger partial charge on any atom is -0.305 e. The zero-order valence-corrected chi connectivity index (χ0v) is 13.4. The molecule has 0 aliphatic heterocycles. The highest BCUT2D eigenvalue weighted by Gasteiger charge is 2.43. The molecule has 3 nitrogen and oxygen atoms in total. The number of hydrogen-bond donors (Lipinski definition) is 0. The molecular weight excluding hydrogens is 214 g/mol. The summed E-state index contributed by atoms with van der Waals surface area (Å²) in [5.41, 5.74) is 0. The van der Waals surface area contributed by atoms with Crippen molar-refractivity contribution < 1.29 is 0 Å². The SMILES string of the molecule is CCCC[Si](N(C)C)(N(C)C)N(CC)CC. The van der Waals surface area contributed by atoms with Gasteiger partial charge in [-0.05, 0) is 47.3 Å². The Balaban J connectivity index is 5.06. The van der Waals surface area contributed by atoms with Gasteiger partial charge in [0, 0.05) is 0 Å². The molecule has 0 spiro atoms. The summed E-state index contributed by atoms with van der Waals surface area (Å²) in [7, 11) is 7.40. The lowest BCUT2D eigenvalue weighted by Gasteiger charge is -2.49. The van der Waals surface area contributed by atoms with Crippen LogP contribution < -0.4 is 0 Å². The Kier molecular flexibility index (Phi) is 7.47. The molecule has 0 bridgehead atoms. The smallest absolute Gasteiger partial charge is 0.288 e. The van der Waals surface area contributed by atoms with E-state index >= 15 is 0 Å². The van der Waals surface area contributed by atoms with Crippen molar-refractivity contribution in [2.45, 2.75) is 39.7 Å². The van der Waals surface area contributed by atoms with Crippen LogP contribution in [0.4, 0.5) is 0 Å².